The number of fused-ring (bicyclic) bond motifs is 3. The maximum absolute atomic E-state index is 15.0. The van der Waals surface area contributed by atoms with E-state index in [-0.39, 0.29) is 73.6 Å². The van der Waals surface area contributed by atoms with Crippen LogP contribution in [0.2, 0.25) is 0 Å². The van der Waals surface area contributed by atoms with Crippen LogP contribution in [-0.2, 0) is 36.3 Å². The number of aliphatic carboxylic acids is 1. The number of hydrogen-bond acceptors (Lipinski definition) is 4. The SMILES string of the molecule is Cc1ccc(S(=O)(=O)C23CCN(C(=O)[C@H](CCF)CCCC(=O)O)C2CCc2cc(C(F)(C(F)(F)F)C(F)(F)F)ccc23)cc1. The molecule has 0 spiro atoms. The van der Waals surface area contributed by atoms with E-state index in [0.717, 1.165) is 6.07 Å². The van der Waals surface area contributed by atoms with Crippen LogP contribution in [0.3, 0.4) is 0 Å². The van der Waals surface area contributed by atoms with Crippen molar-refractivity contribution in [1.29, 1.82) is 0 Å². The van der Waals surface area contributed by atoms with Crippen LogP contribution in [0, 0.1) is 12.8 Å². The van der Waals surface area contributed by atoms with Gasteiger partial charge in [0.25, 0.3) is 0 Å². The molecular formula is C30H31F8NO5S. The van der Waals surface area contributed by atoms with Crippen molar-refractivity contribution in [3.63, 3.8) is 0 Å². The summed E-state index contributed by atoms with van der Waals surface area (Å²) in [5.41, 5.74) is -7.13. The fraction of sp³-hybridized carbons (Fsp3) is 0.533. The third-order valence-corrected chi connectivity index (χ3v) is 11.5. The molecule has 2 aromatic rings. The molecule has 1 aliphatic heterocycles. The zero-order valence-electron chi connectivity index (χ0n) is 24.0. The quantitative estimate of drug-likeness (QED) is 0.284. The van der Waals surface area contributed by atoms with Crippen LogP contribution in [0.15, 0.2) is 47.4 Å². The lowest BCUT2D eigenvalue weighted by molar-refractivity contribution is -0.348. The Labute approximate surface area is 254 Å². The van der Waals surface area contributed by atoms with Gasteiger partial charge in [0.2, 0.25) is 5.91 Å². The van der Waals surface area contributed by atoms with E-state index in [9.17, 15) is 48.7 Å². The van der Waals surface area contributed by atoms with Gasteiger partial charge in [-0.25, -0.2) is 12.8 Å². The lowest BCUT2D eigenvalue weighted by atomic mass is 9.76. The summed E-state index contributed by atoms with van der Waals surface area (Å²) in [6.45, 7) is 0.601. The summed E-state index contributed by atoms with van der Waals surface area (Å²) in [6, 6.07) is 5.95. The molecular weight excluding hydrogens is 638 g/mol. The Balaban J connectivity index is 1.87. The van der Waals surface area contributed by atoms with E-state index in [1.807, 2.05) is 0 Å². The van der Waals surface area contributed by atoms with E-state index in [2.05, 4.69) is 0 Å². The van der Waals surface area contributed by atoms with Crippen molar-refractivity contribution < 1.29 is 58.2 Å². The van der Waals surface area contributed by atoms with Crippen molar-refractivity contribution in [3.05, 3.63) is 64.7 Å². The van der Waals surface area contributed by atoms with Gasteiger partial charge in [0.05, 0.1) is 17.6 Å². The Morgan fingerprint density at radius 1 is 1.00 bits per heavy atom. The van der Waals surface area contributed by atoms with Crippen molar-refractivity contribution in [2.24, 2.45) is 5.92 Å². The Bertz CT molecular complexity index is 1530. The Morgan fingerprint density at radius 3 is 2.18 bits per heavy atom. The number of benzene rings is 2. The second-order valence-corrected chi connectivity index (χ2v) is 13.7. The number of alkyl halides is 8. The summed E-state index contributed by atoms with van der Waals surface area (Å²) < 4.78 is 137. The highest BCUT2D eigenvalue weighted by molar-refractivity contribution is 7.92. The minimum Gasteiger partial charge on any atom is -0.481 e. The zero-order valence-corrected chi connectivity index (χ0v) is 24.8. The number of nitrogens with zero attached hydrogens (tertiary/aromatic N) is 1. The number of halogens is 8. The van der Waals surface area contributed by atoms with Gasteiger partial charge in [-0.3, -0.25) is 14.0 Å². The smallest absolute Gasteiger partial charge is 0.435 e. The van der Waals surface area contributed by atoms with E-state index >= 15 is 4.39 Å². The molecule has 0 bridgehead atoms. The fourth-order valence-corrected chi connectivity index (χ4v) is 9.05. The van der Waals surface area contributed by atoms with Gasteiger partial charge >= 0.3 is 24.0 Å². The lowest BCUT2D eigenvalue weighted by Crippen LogP contribution is -2.53. The molecule has 0 radical (unpaired) electrons. The Hall–Kier alpha value is -3.23. The molecule has 15 heteroatoms. The lowest BCUT2D eigenvalue weighted by Gasteiger charge is -2.43. The number of hydrogen-bond donors (Lipinski definition) is 1. The van der Waals surface area contributed by atoms with Crippen LogP contribution in [0.5, 0.6) is 0 Å². The molecule has 2 aliphatic rings. The summed E-state index contributed by atoms with van der Waals surface area (Å²) in [7, 11) is -4.51. The first kappa shape index (κ1) is 34.6. The summed E-state index contributed by atoms with van der Waals surface area (Å²) in [5.74, 6) is -2.73. The number of rotatable bonds is 10. The zero-order chi connectivity index (χ0) is 33.6. The molecule has 2 unspecified atom stereocenters. The summed E-state index contributed by atoms with van der Waals surface area (Å²) in [5, 5.41) is 8.98. The van der Waals surface area contributed by atoms with E-state index in [1.54, 1.807) is 6.92 Å². The number of carbonyl (C=O) groups excluding carboxylic acids is 1. The fourth-order valence-electron chi connectivity index (χ4n) is 6.68. The molecule has 1 heterocycles. The van der Waals surface area contributed by atoms with E-state index in [1.165, 1.54) is 29.2 Å². The summed E-state index contributed by atoms with van der Waals surface area (Å²) >= 11 is 0. The van der Waals surface area contributed by atoms with Crippen LogP contribution in [0.4, 0.5) is 35.1 Å². The van der Waals surface area contributed by atoms with Gasteiger partial charge in [0.1, 0.15) is 4.75 Å². The van der Waals surface area contributed by atoms with E-state index in [0.29, 0.717) is 11.6 Å². The van der Waals surface area contributed by atoms with E-state index < -0.39 is 68.7 Å². The first-order valence-electron chi connectivity index (χ1n) is 14.2. The summed E-state index contributed by atoms with van der Waals surface area (Å²) in [6.07, 6.45) is -14.0. The minimum atomic E-state index is -6.37. The largest absolute Gasteiger partial charge is 0.481 e. The molecule has 2 aromatic carbocycles. The standard InChI is InChI=1S/C30H31F8NO5S/c1-18-5-9-22(10-6-18)45(43,44)27-14-16-39(26(42)19(13-15-31)3-2-4-25(40)41)24(27)12-7-20-17-21(8-11-23(20)27)28(32,29(33,34)35)30(36,37)38/h5-6,8-11,17,19,24H,2-4,7,12-16H2,1H3,(H,40,41)/t19-,24?,27?/m0/s1. The Morgan fingerprint density at radius 2 is 1.62 bits per heavy atom. The third kappa shape index (κ3) is 5.80. The van der Waals surface area contributed by atoms with Gasteiger partial charge < -0.3 is 10.0 Å². The van der Waals surface area contributed by atoms with Crippen molar-refractivity contribution in [2.75, 3.05) is 13.2 Å². The highest BCUT2D eigenvalue weighted by Crippen LogP contribution is 2.57. The van der Waals surface area contributed by atoms with Gasteiger partial charge in [-0.2, -0.15) is 26.3 Å². The van der Waals surface area contributed by atoms with Crippen LogP contribution in [0.25, 0.3) is 0 Å². The van der Waals surface area contributed by atoms with Crippen LogP contribution < -0.4 is 0 Å². The topological polar surface area (TPSA) is 91.8 Å². The Kier molecular flexibility index (Phi) is 9.37. The molecule has 3 atom stereocenters. The molecule has 4 rings (SSSR count). The average Bonchev–Trinajstić information content (AvgIpc) is 3.36. The molecule has 1 amide bonds. The number of amides is 1. The highest BCUT2D eigenvalue weighted by Gasteiger charge is 2.74. The maximum Gasteiger partial charge on any atom is 0.435 e. The summed E-state index contributed by atoms with van der Waals surface area (Å²) in [4.78, 5) is 25.8. The van der Waals surface area contributed by atoms with Gasteiger partial charge in [-0.1, -0.05) is 35.9 Å². The molecule has 45 heavy (non-hydrogen) atoms. The first-order valence-corrected chi connectivity index (χ1v) is 15.7. The van der Waals surface area contributed by atoms with Crippen LogP contribution in [-0.4, -0.2) is 61.9 Å². The molecule has 248 valence electrons. The maximum atomic E-state index is 15.0. The predicted octanol–water partition coefficient (Wildman–Crippen LogP) is 6.73. The first-order chi connectivity index (χ1) is 20.8. The van der Waals surface area contributed by atoms with E-state index in [4.69, 9.17) is 5.11 Å². The normalized spacial score (nSPS) is 21.3. The number of carboxylic acid groups (broad SMARTS) is 1. The number of sulfone groups is 1. The monoisotopic (exact) mass is 669 g/mol. The molecule has 6 nitrogen and oxygen atoms in total. The predicted molar refractivity (Wildman–Crippen MR) is 145 cm³/mol. The van der Waals surface area contributed by atoms with Gasteiger partial charge in [-0.15, -0.1) is 0 Å². The second kappa shape index (κ2) is 12.2. The molecule has 1 aliphatic carbocycles. The molecule has 0 aromatic heterocycles. The van der Waals surface area contributed by atoms with Crippen molar-refractivity contribution in [3.8, 4) is 0 Å². The number of likely N-dealkylation sites (tertiary alicyclic amines) is 1. The van der Waals surface area contributed by atoms with Crippen LogP contribution in [0.1, 0.15) is 60.8 Å². The number of aryl methyl sites for hydroxylation is 2. The molecule has 1 N–H and O–H groups in total. The van der Waals surface area contributed by atoms with Crippen molar-refractivity contribution in [1.82, 2.24) is 4.90 Å². The highest BCUT2D eigenvalue weighted by atomic mass is 32.2. The average molecular weight is 670 g/mol. The molecule has 1 fully saturated rings. The molecule has 1 saturated heterocycles. The van der Waals surface area contributed by atoms with Crippen LogP contribution >= 0.6 is 0 Å². The minimum absolute atomic E-state index is 0.00337. The second-order valence-electron chi connectivity index (χ2n) is 11.5. The number of carboxylic acids is 1. The van der Waals surface area contributed by atoms with Gasteiger partial charge in [-0.05, 0) is 68.7 Å². The van der Waals surface area contributed by atoms with Crippen molar-refractivity contribution in [2.45, 2.75) is 85.6 Å². The van der Waals surface area contributed by atoms with Gasteiger partial charge in [0.15, 0.2) is 9.84 Å². The molecule has 0 saturated carbocycles. The van der Waals surface area contributed by atoms with Gasteiger partial charge in [0, 0.05) is 24.4 Å². The van der Waals surface area contributed by atoms with Crippen molar-refractivity contribution >= 4 is 21.7 Å². The third-order valence-electron chi connectivity index (χ3n) is 8.91. The number of carbonyl (C=O) groups is 2.